The fraction of sp³-hybridized carbons (Fsp3) is 0.778. The molecule has 0 aromatic carbocycles. The first kappa shape index (κ1) is 22.6. The van der Waals surface area contributed by atoms with Crippen LogP contribution in [0.1, 0.15) is 49.7 Å². The van der Waals surface area contributed by atoms with Gasteiger partial charge in [0.05, 0.1) is 10.7 Å². The van der Waals surface area contributed by atoms with Crippen LogP contribution >= 0.6 is 35.3 Å². The Bertz CT molecular complexity index is 505. The Morgan fingerprint density at radius 3 is 2.80 bits per heavy atom. The van der Waals surface area contributed by atoms with Crippen molar-refractivity contribution < 1.29 is 0 Å². The highest BCUT2D eigenvalue weighted by molar-refractivity contribution is 14.0. The predicted octanol–water partition coefficient (Wildman–Crippen LogP) is 3.43. The maximum Gasteiger partial charge on any atom is 0.190 e. The molecule has 0 amide bonds. The number of aliphatic imine (C=N–C) groups is 1. The van der Waals surface area contributed by atoms with Gasteiger partial charge in [0.1, 0.15) is 0 Å². The first-order valence-electron chi connectivity index (χ1n) is 9.28. The molecule has 2 heterocycles. The van der Waals surface area contributed by atoms with Crippen molar-refractivity contribution in [1.29, 1.82) is 0 Å². The molecule has 0 radical (unpaired) electrons. The quantitative estimate of drug-likeness (QED) is 0.260. The van der Waals surface area contributed by atoms with Gasteiger partial charge in [-0.15, -0.1) is 35.3 Å². The number of likely N-dealkylation sites (tertiary alicyclic amines) is 1. The van der Waals surface area contributed by atoms with Crippen molar-refractivity contribution in [1.82, 2.24) is 20.5 Å². The largest absolute Gasteiger partial charge is 0.356 e. The molecule has 2 rings (SSSR count). The van der Waals surface area contributed by atoms with Crippen molar-refractivity contribution in [2.75, 3.05) is 33.2 Å². The zero-order valence-electron chi connectivity index (χ0n) is 15.9. The third-order valence-electron chi connectivity index (χ3n) is 4.67. The maximum atomic E-state index is 4.48. The van der Waals surface area contributed by atoms with Gasteiger partial charge in [0.15, 0.2) is 5.96 Å². The number of piperidine rings is 1. The minimum atomic E-state index is 0. The molecule has 0 spiro atoms. The minimum absolute atomic E-state index is 0. The minimum Gasteiger partial charge on any atom is -0.356 e. The molecule has 0 saturated carbocycles. The zero-order valence-corrected chi connectivity index (χ0v) is 19.0. The molecule has 1 aliphatic heterocycles. The molecule has 7 heteroatoms. The Hall–Kier alpha value is -0.410. The molecule has 1 aromatic heterocycles. The van der Waals surface area contributed by atoms with Gasteiger partial charge in [-0.25, -0.2) is 4.98 Å². The first-order valence-corrected chi connectivity index (χ1v) is 10.2. The Morgan fingerprint density at radius 1 is 1.32 bits per heavy atom. The van der Waals surface area contributed by atoms with Gasteiger partial charge >= 0.3 is 0 Å². The molecule has 0 aliphatic carbocycles. The third kappa shape index (κ3) is 8.68. The highest BCUT2D eigenvalue weighted by atomic mass is 127. The second-order valence-electron chi connectivity index (χ2n) is 6.62. The smallest absolute Gasteiger partial charge is 0.190 e. The summed E-state index contributed by atoms with van der Waals surface area (Å²) in [7, 11) is 1.83. The molecule has 25 heavy (non-hydrogen) atoms. The molecular formula is C18H34IN5S. The Balaban J connectivity index is 0.00000312. The number of hydrogen-bond donors (Lipinski definition) is 2. The third-order valence-corrected chi connectivity index (χ3v) is 5.49. The molecule has 144 valence electrons. The van der Waals surface area contributed by atoms with Crippen LogP contribution in [0.4, 0.5) is 0 Å². The van der Waals surface area contributed by atoms with E-state index in [1.807, 2.05) is 14.0 Å². The van der Waals surface area contributed by atoms with E-state index >= 15 is 0 Å². The van der Waals surface area contributed by atoms with Crippen LogP contribution < -0.4 is 10.6 Å². The summed E-state index contributed by atoms with van der Waals surface area (Å²) in [5, 5.41) is 10.0. The highest BCUT2D eigenvalue weighted by Crippen LogP contribution is 2.16. The second-order valence-corrected chi connectivity index (χ2v) is 7.68. The number of guanidine groups is 1. The van der Waals surface area contributed by atoms with E-state index < -0.39 is 0 Å². The number of nitrogens with zero attached hydrogens (tertiary/aromatic N) is 3. The zero-order chi connectivity index (χ0) is 17.2. The van der Waals surface area contributed by atoms with Gasteiger partial charge in [-0.1, -0.05) is 6.42 Å². The SMILES string of the molecule is CN=C(NCCCCN1CCCCC1C)NCCc1csc(C)n1.I. The summed E-state index contributed by atoms with van der Waals surface area (Å²) in [6.45, 7) is 8.79. The fourth-order valence-corrected chi connectivity index (χ4v) is 3.84. The van der Waals surface area contributed by atoms with E-state index in [0.717, 1.165) is 42.2 Å². The maximum absolute atomic E-state index is 4.48. The van der Waals surface area contributed by atoms with E-state index in [-0.39, 0.29) is 24.0 Å². The fourth-order valence-electron chi connectivity index (χ4n) is 3.19. The van der Waals surface area contributed by atoms with Gasteiger partial charge in [-0.05, 0) is 52.6 Å². The van der Waals surface area contributed by atoms with Crippen LogP contribution in [0.2, 0.25) is 0 Å². The van der Waals surface area contributed by atoms with Crippen molar-refractivity contribution >= 4 is 41.3 Å². The number of halogens is 1. The van der Waals surface area contributed by atoms with Crippen molar-refractivity contribution in [2.45, 2.75) is 58.4 Å². The van der Waals surface area contributed by atoms with Crippen LogP contribution in [-0.2, 0) is 6.42 Å². The molecular weight excluding hydrogens is 445 g/mol. The van der Waals surface area contributed by atoms with Crippen LogP contribution in [-0.4, -0.2) is 55.1 Å². The van der Waals surface area contributed by atoms with Crippen LogP contribution in [0.5, 0.6) is 0 Å². The van der Waals surface area contributed by atoms with Gasteiger partial charge in [0.25, 0.3) is 0 Å². The van der Waals surface area contributed by atoms with Gasteiger partial charge in [0.2, 0.25) is 0 Å². The first-order chi connectivity index (χ1) is 11.7. The van der Waals surface area contributed by atoms with Crippen molar-refractivity contribution in [2.24, 2.45) is 4.99 Å². The predicted molar refractivity (Wildman–Crippen MR) is 119 cm³/mol. The monoisotopic (exact) mass is 479 g/mol. The number of aromatic nitrogens is 1. The molecule has 1 atom stereocenters. The number of thiazole rings is 1. The lowest BCUT2D eigenvalue weighted by molar-refractivity contribution is 0.158. The van der Waals surface area contributed by atoms with E-state index in [4.69, 9.17) is 0 Å². The average Bonchev–Trinajstić information content (AvgIpc) is 3.00. The van der Waals surface area contributed by atoms with Crippen molar-refractivity contribution in [3.8, 4) is 0 Å². The van der Waals surface area contributed by atoms with E-state index in [1.54, 1.807) is 11.3 Å². The van der Waals surface area contributed by atoms with Crippen LogP contribution in [0.3, 0.4) is 0 Å². The normalized spacial score (nSPS) is 18.7. The van der Waals surface area contributed by atoms with Gasteiger partial charge in [0, 0.05) is 38.0 Å². The summed E-state index contributed by atoms with van der Waals surface area (Å²) in [4.78, 5) is 11.4. The molecule has 1 aliphatic rings. The summed E-state index contributed by atoms with van der Waals surface area (Å²) in [6, 6.07) is 0.774. The standard InChI is InChI=1S/C18H33N5S.HI/c1-15-8-4-6-12-23(15)13-7-5-10-20-18(19-3)21-11-9-17-14-24-16(2)22-17;/h14-15H,4-13H2,1-3H3,(H2,19,20,21);1H. The lowest BCUT2D eigenvalue weighted by Gasteiger charge is -2.33. The summed E-state index contributed by atoms with van der Waals surface area (Å²) in [5.41, 5.74) is 1.16. The number of hydrogen-bond acceptors (Lipinski definition) is 4. The number of unbranched alkanes of at least 4 members (excludes halogenated alkanes) is 1. The topological polar surface area (TPSA) is 52.6 Å². The van der Waals surface area contributed by atoms with Gasteiger partial charge in [-0.2, -0.15) is 0 Å². The summed E-state index contributed by atoms with van der Waals surface area (Å²) in [6.07, 6.45) is 7.53. The molecule has 5 nitrogen and oxygen atoms in total. The molecule has 0 bridgehead atoms. The molecule has 1 unspecified atom stereocenters. The number of rotatable bonds is 8. The van der Waals surface area contributed by atoms with Crippen molar-refractivity contribution in [3.63, 3.8) is 0 Å². The molecule has 1 aromatic rings. The molecule has 1 fully saturated rings. The molecule has 1 saturated heterocycles. The summed E-state index contributed by atoms with van der Waals surface area (Å²) >= 11 is 1.71. The van der Waals surface area contributed by atoms with Gasteiger partial charge in [-0.3, -0.25) is 4.99 Å². The summed E-state index contributed by atoms with van der Waals surface area (Å²) in [5.74, 6) is 0.897. The lowest BCUT2D eigenvalue weighted by atomic mass is 10.0. The van der Waals surface area contributed by atoms with E-state index in [9.17, 15) is 0 Å². The van der Waals surface area contributed by atoms with Gasteiger partial charge < -0.3 is 15.5 Å². The molecule has 2 N–H and O–H groups in total. The average molecular weight is 479 g/mol. The second kappa shape index (κ2) is 12.9. The van der Waals surface area contributed by atoms with E-state index in [0.29, 0.717) is 0 Å². The number of nitrogens with one attached hydrogen (secondary N) is 2. The Kier molecular flexibility index (Phi) is 11.6. The Labute approximate surface area is 174 Å². The van der Waals surface area contributed by atoms with Crippen LogP contribution in [0, 0.1) is 6.92 Å². The van der Waals surface area contributed by atoms with E-state index in [1.165, 1.54) is 45.2 Å². The summed E-state index contributed by atoms with van der Waals surface area (Å²) < 4.78 is 0. The Morgan fingerprint density at radius 2 is 2.12 bits per heavy atom. The van der Waals surface area contributed by atoms with Crippen LogP contribution in [0.15, 0.2) is 10.4 Å². The highest BCUT2D eigenvalue weighted by Gasteiger charge is 2.16. The lowest BCUT2D eigenvalue weighted by Crippen LogP contribution is -2.40. The van der Waals surface area contributed by atoms with Crippen LogP contribution in [0.25, 0.3) is 0 Å². The van der Waals surface area contributed by atoms with E-state index in [2.05, 4.69) is 37.8 Å². The van der Waals surface area contributed by atoms with Crippen molar-refractivity contribution in [3.05, 3.63) is 16.1 Å². The number of aryl methyl sites for hydroxylation is 1.